The van der Waals surface area contributed by atoms with Crippen LogP contribution in [0.3, 0.4) is 0 Å². The Kier molecular flexibility index (Phi) is 6.02. The zero-order chi connectivity index (χ0) is 17.5. The normalized spacial score (nSPS) is 10.5. The highest BCUT2D eigenvalue weighted by Crippen LogP contribution is 2.21. The van der Waals surface area contributed by atoms with Crippen LogP contribution in [0.1, 0.15) is 5.56 Å². The van der Waals surface area contributed by atoms with Crippen LogP contribution in [0.25, 0.3) is 0 Å². The summed E-state index contributed by atoms with van der Waals surface area (Å²) in [5.41, 5.74) is 1.67. The molecule has 0 heterocycles. The Balaban J connectivity index is 1.99. The molecule has 2 aromatic carbocycles. The van der Waals surface area contributed by atoms with E-state index in [1.54, 1.807) is 24.3 Å². The molecule has 0 spiro atoms. The van der Waals surface area contributed by atoms with Crippen molar-refractivity contribution in [2.75, 3.05) is 17.2 Å². The number of aliphatic hydroxyl groups is 1. The fourth-order valence-electron chi connectivity index (χ4n) is 1.96. The zero-order valence-electron chi connectivity index (χ0n) is 12.4. The van der Waals surface area contributed by atoms with Gasteiger partial charge in [0.15, 0.2) is 11.6 Å². The first-order valence-electron chi connectivity index (χ1n) is 6.96. The van der Waals surface area contributed by atoms with E-state index >= 15 is 0 Å². The Morgan fingerprint density at radius 3 is 2.58 bits per heavy atom. The minimum Gasteiger partial charge on any atom is -0.432 e. The van der Waals surface area contributed by atoms with Crippen LogP contribution in [0, 0.1) is 5.82 Å². The Morgan fingerprint density at radius 1 is 1.17 bits per heavy atom. The molecular formula is C16H15F3N2O3. The molecule has 0 aromatic heterocycles. The van der Waals surface area contributed by atoms with Crippen LogP contribution < -0.4 is 15.4 Å². The number of halogens is 3. The summed E-state index contributed by atoms with van der Waals surface area (Å²) in [6.45, 7) is -3.46. The van der Waals surface area contributed by atoms with Crippen molar-refractivity contribution in [1.29, 1.82) is 0 Å². The molecule has 128 valence electrons. The van der Waals surface area contributed by atoms with E-state index in [1.165, 1.54) is 6.07 Å². The van der Waals surface area contributed by atoms with Gasteiger partial charge in [-0.2, -0.15) is 8.78 Å². The van der Waals surface area contributed by atoms with E-state index in [4.69, 9.17) is 5.11 Å². The van der Waals surface area contributed by atoms with E-state index in [0.717, 1.165) is 12.1 Å². The fraction of sp³-hybridized carbons (Fsp3) is 0.188. The minimum atomic E-state index is -3.08. The smallest absolute Gasteiger partial charge is 0.387 e. The van der Waals surface area contributed by atoms with E-state index in [1.807, 2.05) is 0 Å². The van der Waals surface area contributed by atoms with E-state index < -0.39 is 30.7 Å². The van der Waals surface area contributed by atoms with Crippen molar-refractivity contribution in [2.24, 2.45) is 0 Å². The molecule has 0 fully saturated rings. The second-order valence-corrected chi connectivity index (χ2v) is 4.78. The lowest BCUT2D eigenvalue weighted by atomic mass is 10.2. The van der Waals surface area contributed by atoms with Crippen LogP contribution in [0.15, 0.2) is 42.5 Å². The first kappa shape index (κ1) is 17.6. The van der Waals surface area contributed by atoms with Gasteiger partial charge in [0.05, 0.1) is 0 Å². The maximum atomic E-state index is 13.6. The number of amides is 1. The number of anilines is 2. The van der Waals surface area contributed by atoms with Crippen molar-refractivity contribution in [3.05, 3.63) is 53.8 Å². The molecule has 0 aliphatic heterocycles. The highest BCUT2D eigenvalue weighted by Gasteiger charge is 2.10. The van der Waals surface area contributed by atoms with Gasteiger partial charge in [0.2, 0.25) is 5.91 Å². The first-order chi connectivity index (χ1) is 11.5. The molecule has 2 rings (SSSR count). The number of ether oxygens (including phenoxy) is 1. The van der Waals surface area contributed by atoms with Gasteiger partial charge >= 0.3 is 6.61 Å². The van der Waals surface area contributed by atoms with Crippen molar-refractivity contribution < 1.29 is 27.8 Å². The maximum absolute atomic E-state index is 13.6. The average Bonchev–Trinajstić information content (AvgIpc) is 2.55. The van der Waals surface area contributed by atoms with Crippen molar-refractivity contribution in [3.8, 4) is 5.75 Å². The van der Waals surface area contributed by atoms with Gasteiger partial charge in [0.1, 0.15) is 6.61 Å². The molecule has 0 aliphatic carbocycles. The number of rotatable bonds is 7. The highest BCUT2D eigenvalue weighted by atomic mass is 19.3. The summed E-state index contributed by atoms with van der Waals surface area (Å²) in [6.07, 6.45) is 0. The first-order valence-corrected chi connectivity index (χ1v) is 6.96. The predicted octanol–water partition coefficient (Wildman–Crippen LogP) is 2.97. The van der Waals surface area contributed by atoms with E-state index in [-0.39, 0.29) is 6.54 Å². The van der Waals surface area contributed by atoms with Gasteiger partial charge in [-0.1, -0.05) is 12.1 Å². The third kappa shape index (κ3) is 5.17. The van der Waals surface area contributed by atoms with Gasteiger partial charge in [0, 0.05) is 17.9 Å². The third-order valence-corrected chi connectivity index (χ3v) is 3.00. The van der Waals surface area contributed by atoms with Gasteiger partial charge in [-0.3, -0.25) is 4.79 Å². The van der Waals surface area contributed by atoms with E-state index in [9.17, 15) is 18.0 Å². The topological polar surface area (TPSA) is 70.6 Å². The van der Waals surface area contributed by atoms with Crippen molar-refractivity contribution in [2.45, 2.75) is 13.2 Å². The Hall–Kier alpha value is -2.74. The van der Waals surface area contributed by atoms with Gasteiger partial charge < -0.3 is 20.5 Å². The quantitative estimate of drug-likeness (QED) is 0.725. The monoisotopic (exact) mass is 340 g/mol. The summed E-state index contributed by atoms with van der Waals surface area (Å²) < 4.78 is 41.8. The van der Waals surface area contributed by atoms with Gasteiger partial charge in [-0.25, -0.2) is 4.39 Å². The summed E-state index contributed by atoms with van der Waals surface area (Å²) >= 11 is 0. The standard InChI is InChI=1S/C16H15F3N2O3/c17-13-6-10(4-5-14(13)24-16(18)19)8-20-11-2-1-3-12(7-11)21-15(23)9-22/h1-7,16,20,22H,8-9H2,(H,21,23). The summed E-state index contributed by atoms with van der Waals surface area (Å²) in [7, 11) is 0. The molecular weight excluding hydrogens is 325 g/mol. The average molecular weight is 340 g/mol. The molecule has 0 radical (unpaired) electrons. The lowest BCUT2D eigenvalue weighted by Crippen LogP contribution is -2.15. The van der Waals surface area contributed by atoms with E-state index in [0.29, 0.717) is 16.9 Å². The molecule has 2 aromatic rings. The number of alkyl halides is 2. The Morgan fingerprint density at radius 2 is 1.92 bits per heavy atom. The van der Waals surface area contributed by atoms with Crippen LogP contribution in [0.5, 0.6) is 5.75 Å². The van der Waals surface area contributed by atoms with Crippen LogP contribution in [0.4, 0.5) is 24.5 Å². The molecule has 24 heavy (non-hydrogen) atoms. The number of hydrogen-bond acceptors (Lipinski definition) is 4. The van der Waals surface area contributed by atoms with Crippen LogP contribution >= 0.6 is 0 Å². The molecule has 0 atom stereocenters. The predicted molar refractivity (Wildman–Crippen MR) is 82.5 cm³/mol. The molecule has 5 nitrogen and oxygen atoms in total. The fourth-order valence-corrected chi connectivity index (χ4v) is 1.96. The molecule has 0 unspecified atom stereocenters. The SMILES string of the molecule is O=C(CO)Nc1cccc(NCc2ccc(OC(F)F)c(F)c2)c1. The number of carbonyl (C=O) groups excluding carboxylic acids is 1. The lowest BCUT2D eigenvalue weighted by molar-refractivity contribution is -0.118. The number of nitrogens with one attached hydrogen (secondary N) is 2. The zero-order valence-corrected chi connectivity index (χ0v) is 12.4. The molecule has 8 heteroatoms. The summed E-state index contributed by atoms with van der Waals surface area (Å²) in [5, 5.41) is 14.2. The second-order valence-electron chi connectivity index (χ2n) is 4.78. The summed E-state index contributed by atoms with van der Waals surface area (Å²) in [6, 6.07) is 10.4. The largest absolute Gasteiger partial charge is 0.432 e. The lowest BCUT2D eigenvalue weighted by Gasteiger charge is -2.11. The van der Waals surface area contributed by atoms with E-state index in [2.05, 4.69) is 15.4 Å². The Bertz CT molecular complexity index is 711. The molecule has 3 N–H and O–H groups in total. The Labute approximate surface area is 136 Å². The molecule has 0 bridgehead atoms. The molecule has 1 amide bonds. The highest BCUT2D eigenvalue weighted by molar-refractivity contribution is 5.91. The van der Waals surface area contributed by atoms with Gasteiger partial charge in [0.25, 0.3) is 0 Å². The van der Waals surface area contributed by atoms with Crippen LogP contribution in [-0.2, 0) is 11.3 Å². The maximum Gasteiger partial charge on any atom is 0.387 e. The number of aliphatic hydroxyl groups excluding tert-OH is 1. The number of benzene rings is 2. The second kappa shape index (κ2) is 8.21. The summed E-state index contributed by atoms with van der Waals surface area (Å²) in [5.74, 6) is -1.93. The number of hydrogen-bond donors (Lipinski definition) is 3. The van der Waals surface area contributed by atoms with Crippen molar-refractivity contribution in [1.82, 2.24) is 0 Å². The van der Waals surface area contributed by atoms with Crippen molar-refractivity contribution >= 4 is 17.3 Å². The molecule has 0 aliphatic rings. The van der Waals surface area contributed by atoms with Crippen LogP contribution in [0.2, 0.25) is 0 Å². The van der Waals surface area contributed by atoms with Gasteiger partial charge in [-0.15, -0.1) is 0 Å². The van der Waals surface area contributed by atoms with Gasteiger partial charge in [-0.05, 0) is 35.9 Å². The minimum absolute atomic E-state index is 0.239. The third-order valence-electron chi connectivity index (χ3n) is 3.00. The summed E-state index contributed by atoms with van der Waals surface area (Å²) in [4.78, 5) is 11.1. The molecule has 0 saturated carbocycles. The molecule has 0 saturated heterocycles. The number of carbonyl (C=O) groups is 1. The van der Waals surface area contributed by atoms with Crippen molar-refractivity contribution in [3.63, 3.8) is 0 Å². The van der Waals surface area contributed by atoms with Crippen LogP contribution in [-0.4, -0.2) is 24.2 Å².